The first-order valence-corrected chi connectivity index (χ1v) is 9.42. The molecule has 3 aromatic rings. The van der Waals surface area contributed by atoms with E-state index in [1.54, 1.807) is 0 Å². The zero-order valence-corrected chi connectivity index (χ0v) is 14.9. The first-order valence-electron chi connectivity index (χ1n) is 9.42. The lowest BCUT2D eigenvalue weighted by molar-refractivity contribution is 0.183. The Hall–Kier alpha value is -2.20. The Bertz CT molecular complexity index is 831. The van der Waals surface area contributed by atoms with Gasteiger partial charge < -0.3 is 9.47 Å². The third kappa shape index (κ3) is 3.59. The predicted molar refractivity (Wildman–Crippen MR) is 102 cm³/mol. The number of fused-ring (bicyclic) bond motifs is 1. The van der Waals surface area contributed by atoms with Crippen LogP contribution in [0.2, 0.25) is 0 Å². The smallest absolute Gasteiger partial charge is 0.139 e. The number of benzene rings is 1. The Balaban J connectivity index is 1.46. The number of imidazole rings is 1. The maximum atomic E-state index is 4.61. The lowest BCUT2D eigenvalue weighted by atomic mass is 9.93. The number of aryl methyl sites for hydroxylation is 1. The minimum Gasteiger partial charge on any atom is -0.331 e. The molecule has 0 spiro atoms. The maximum Gasteiger partial charge on any atom is 0.139 e. The zero-order valence-electron chi connectivity index (χ0n) is 14.9. The molecular formula is C21H26N4. The van der Waals surface area contributed by atoms with Crippen LogP contribution >= 0.6 is 0 Å². The second-order valence-electron chi connectivity index (χ2n) is 7.02. The lowest BCUT2D eigenvalue weighted by Gasteiger charge is -2.31. The summed E-state index contributed by atoms with van der Waals surface area (Å²) in [5, 5.41) is 1.17. The quantitative estimate of drug-likeness (QED) is 0.700. The number of likely N-dealkylation sites (tertiary alicyclic amines) is 1. The molecule has 0 bridgehead atoms. The van der Waals surface area contributed by atoms with E-state index in [0.29, 0.717) is 0 Å². The van der Waals surface area contributed by atoms with Gasteiger partial charge in [-0.05, 0) is 56.9 Å². The van der Waals surface area contributed by atoms with Crippen LogP contribution in [0, 0.1) is 5.92 Å². The summed E-state index contributed by atoms with van der Waals surface area (Å²) >= 11 is 0. The van der Waals surface area contributed by atoms with Crippen LogP contribution in [0.15, 0.2) is 48.9 Å². The predicted octanol–water partition coefficient (Wildman–Crippen LogP) is 4.22. The standard InChI is InChI=1S/C21H26N4/c1-2-24-12-7-17(8-13-24)9-14-25-15-11-23-21(25)19-6-5-18-4-3-10-22-20(18)16-19/h3-6,10-11,15-17H,2,7-9,12-14H2,1H3. The van der Waals surface area contributed by atoms with E-state index in [0.717, 1.165) is 29.4 Å². The number of hydrogen-bond acceptors (Lipinski definition) is 3. The molecule has 25 heavy (non-hydrogen) atoms. The molecule has 0 amide bonds. The Kier molecular flexibility index (Phi) is 4.79. The summed E-state index contributed by atoms with van der Waals surface area (Å²) in [7, 11) is 0. The van der Waals surface area contributed by atoms with Gasteiger partial charge >= 0.3 is 0 Å². The van der Waals surface area contributed by atoms with Crippen LogP contribution < -0.4 is 0 Å². The highest BCUT2D eigenvalue weighted by atomic mass is 15.1. The van der Waals surface area contributed by atoms with Crippen LogP contribution in [0.5, 0.6) is 0 Å². The van der Waals surface area contributed by atoms with E-state index in [1.807, 2.05) is 18.5 Å². The fourth-order valence-electron chi connectivity index (χ4n) is 3.87. The van der Waals surface area contributed by atoms with Crippen LogP contribution in [0.1, 0.15) is 26.2 Å². The van der Waals surface area contributed by atoms with Crippen molar-refractivity contribution in [3.63, 3.8) is 0 Å². The molecule has 0 N–H and O–H groups in total. The Labute approximate surface area is 149 Å². The topological polar surface area (TPSA) is 34.0 Å². The number of rotatable bonds is 5. The molecule has 1 fully saturated rings. The van der Waals surface area contributed by atoms with Gasteiger partial charge in [-0.25, -0.2) is 4.98 Å². The van der Waals surface area contributed by atoms with E-state index in [9.17, 15) is 0 Å². The second kappa shape index (κ2) is 7.36. The highest BCUT2D eigenvalue weighted by molar-refractivity contribution is 5.82. The average molecular weight is 334 g/mol. The van der Waals surface area contributed by atoms with Crippen molar-refractivity contribution in [2.45, 2.75) is 32.7 Å². The highest BCUT2D eigenvalue weighted by Gasteiger charge is 2.18. The van der Waals surface area contributed by atoms with Gasteiger partial charge in [0.2, 0.25) is 0 Å². The zero-order chi connectivity index (χ0) is 17.1. The molecule has 1 aliphatic rings. The van der Waals surface area contributed by atoms with E-state index in [-0.39, 0.29) is 0 Å². The summed E-state index contributed by atoms with van der Waals surface area (Å²) in [5.41, 5.74) is 2.18. The second-order valence-corrected chi connectivity index (χ2v) is 7.02. The first-order chi connectivity index (χ1) is 12.3. The van der Waals surface area contributed by atoms with Crippen molar-refractivity contribution in [3.05, 3.63) is 48.9 Å². The Morgan fingerprint density at radius 3 is 2.80 bits per heavy atom. The molecule has 4 rings (SSSR count). The molecule has 0 radical (unpaired) electrons. The summed E-state index contributed by atoms with van der Waals surface area (Å²) in [5.74, 6) is 1.90. The molecule has 4 heteroatoms. The van der Waals surface area contributed by atoms with Crippen molar-refractivity contribution in [1.29, 1.82) is 0 Å². The van der Waals surface area contributed by atoms with Gasteiger partial charge in [0.1, 0.15) is 5.82 Å². The van der Waals surface area contributed by atoms with Crippen LogP contribution in [0.25, 0.3) is 22.3 Å². The summed E-state index contributed by atoms with van der Waals surface area (Å²) in [6.45, 7) is 7.01. The van der Waals surface area contributed by atoms with Crippen LogP contribution in [0.4, 0.5) is 0 Å². The number of nitrogens with zero attached hydrogens (tertiary/aromatic N) is 4. The number of pyridine rings is 1. The van der Waals surface area contributed by atoms with Crippen molar-refractivity contribution in [2.24, 2.45) is 5.92 Å². The molecule has 0 aliphatic carbocycles. The highest BCUT2D eigenvalue weighted by Crippen LogP contribution is 2.25. The monoisotopic (exact) mass is 334 g/mol. The molecule has 2 aromatic heterocycles. The fourth-order valence-corrected chi connectivity index (χ4v) is 3.87. The van der Waals surface area contributed by atoms with Crippen molar-refractivity contribution >= 4 is 10.9 Å². The molecule has 3 heterocycles. The van der Waals surface area contributed by atoms with Gasteiger partial charge in [-0.15, -0.1) is 0 Å². The maximum absolute atomic E-state index is 4.61. The van der Waals surface area contributed by atoms with Gasteiger partial charge in [-0.1, -0.05) is 25.1 Å². The number of piperidine rings is 1. The normalized spacial score (nSPS) is 16.5. The summed E-state index contributed by atoms with van der Waals surface area (Å²) < 4.78 is 2.30. The van der Waals surface area contributed by atoms with Gasteiger partial charge in [0.25, 0.3) is 0 Å². The van der Waals surface area contributed by atoms with Crippen molar-refractivity contribution in [1.82, 2.24) is 19.4 Å². The minimum absolute atomic E-state index is 0.844. The molecule has 0 unspecified atom stereocenters. The number of hydrogen-bond donors (Lipinski definition) is 0. The fraction of sp³-hybridized carbons (Fsp3) is 0.429. The molecule has 0 saturated carbocycles. The number of aromatic nitrogens is 3. The third-order valence-electron chi connectivity index (χ3n) is 5.51. The van der Waals surface area contributed by atoms with Gasteiger partial charge in [-0.3, -0.25) is 4.98 Å². The average Bonchev–Trinajstić information content (AvgIpc) is 3.15. The summed E-state index contributed by atoms with van der Waals surface area (Å²) in [4.78, 5) is 11.6. The molecule has 1 aliphatic heterocycles. The van der Waals surface area contributed by atoms with E-state index in [1.165, 1.54) is 44.3 Å². The summed E-state index contributed by atoms with van der Waals surface area (Å²) in [6, 6.07) is 10.5. The first kappa shape index (κ1) is 16.3. The minimum atomic E-state index is 0.844. The molecule has 1 aromatic carbocycles. The van der Waals surface area contributed by atoms with E-state index in [2.05, 4.69) is 56.8 Å². The molecule has 0 atom stereocenters. The van der Waals surface area contributed by atoms with Crippen LogP contribution in [-0.2, 0) is 6.54 Å². The third-order valence-corrected chi connectivity index (χ3v) is 5.51. The molecular weight excluding hydrogens is 308 g/mol. The van der Waals surface area contributed by atoms with Crippen molar-refractivity contribution in [2.75, 3.05) is 19.6 Å². The Morgan fingerprint density at radius 2 is 1.96 bits per heavy atom. The van der Waals surface area contributed by atoms with Crippen LogP contribution in [0.3, 0.4) is 0 Å². The molecule has 130 valence electrons. The summed E-state index contributed by atoms with van der Waals surface area (Å²) in [6.07, 6.45) is 9.78. The molecule has 4 nitrogen and oxygen atoms in total. The largest absolute Gasteiger partial charge is 0.331 e. The van der Waals surface area contributed by atoms with Crippen LogP contribution in [-0.4, -0.2) is 39.1 Å². The van der Waals surface area contributed by atoms with Gasteiger partial charge in [0, 0.05) is 36.1 Å². The van der Waals surface area contributed by atoms with Gasteiger partial charge in [0.05, 0.1) is 5.52 Å². The molecule has 1 saturated heterocycles. The lowest BCUT2D eigenvalue weighted by Crippen LogP contribution is -2.33. The van der Waals surface area contributed by atoms with Gasteiger partial charge in [0.15, 0.2) is 0 Å². The van der Waals surface area contributed by atoms with E-state index < -0.39 is 0 Å². The SMILES string of the molecule is CCN1CCC(CCn2ccnc2-c2ccc3cccnc3c2)CC1. The van der Waals surface area contributed by atoms with E-state index in [4.69, 9.17) is 0 Å². The van der Waals surface area contributed by atoms with Crippen molar-refractivity contribution < 1.29 is 0 Å². The van der Waals surface area contributed by atoms with E-state index >= 15 is 0 Å². The van der Waals surface area contributed by atoms with Gasteiger partial charge in [-0.2, -0.15) is 0 Å². The Morgan fingerprint density at radius 1 is 1.08 bits per heavy atom. The van der Waals surface area contributed by atoms with Crippen molar-refractivity contribution in [3.8, 4) is 11.4 Å².